The minimum atomic E-state index is 0.0996. The second-order valence-electron chi connectivity index (χ2n) is 6.24. The van der Waals surface area contributed by atoms with Crippen LogP contribution < -0.4 is 10.6 Å². The molecule has 110 valence electrons. The van der Waals surface area contributed by atoms with Gasteiger partial charge in [0.25, 0.3) is 0 Å². The number of benzene rings is 1. The monoisotopic (exact) mass is 274 g/mol. The molecule has 0 radical (unpaired) electrons. The average molecular weight is 274 g/mol. The predicted molar refractivity (Wildman–Crippen MR) is 82.8 cm³/mol. The molecule has 0 saturated heterocycles. The van der Waals surface area contributed by atoms with E-state index in [0.29, 0.717) is 6.54 Å². The molecule has 1 unspecified atom stereocenters. The van der Waals surface area contributed by atoms with Crippen LogP contribution in [0.1, 0.15) is 36.5 Å². The van der Waals surface area contributed by atoms with Crippen LogP contribution in [0.5, 0.6) is 0 Å². The molecule has 1 aliphatic carbocycles. The maximum Gasteiger partial charge on any atom is 0.234 e. The summed E-state index contributed by atoms with van der Waals surface area (Å²) in [6.45, 7) is 7.71. The molecular weight excluding hydrogens is 248 g/mol. The largest absolute Gasteiger partial charge is 0.352 e. The first-order chi connectivity index (χ1) is 9.52. The first kappa shape index (κ1) is 15.0. The molecule has 2 rings (SSSR count). The van der Waals surface area contributed by atoms with E-state index in [0.717, 1.165) is 18.9 Å². The summed E-state index contributed by atoms with van der Waals surface area (Å²) in [5.74, 6) is 0.915. The van der Waals surface area contributed by atoms with Crippen molar-refractivity contribution in [3.05, 3.63) is 34.9 Å². The Bertz CT molecular complexity index is 446. The van der Waals surface area contributed by atoms with Crippen molar-refractivity contribution in [2.75, 3.05) is 13.1 Å². The van der Waals surface area contributed by atoms with E-state index in [-0.39, 0.29) is 11.9 Å². The number of carbonyl (C=O) groups excluding carboxylic acids is 1. The van der Waals surface area contributed by atoms with Gasteiger partial charge in [-0.1, -0.05) is 29.3 Å². The summed E-state index contributed by atoms with van der Waals surface area (Å²) in [5.41, 5.74) is 3.86. The van der Waals surface area contributed by atoms with E-state index in [1.807, 2.05) is 0 Å². The predicted octanol–water partition coefficient (Wildman–Crippen LogP) is 2.35. The standard InChI is InChI=1S/C17H26N2O/c1-12-6-13(2)8-16(7-12)9-14(3)19-17(20)11-18-10-15-4-5-15/h6-8,14-15,18H,4-5,9-11H2,1-3H3,(H,19,20). The number of rotatable bonds is 7. The summed E-state index contributed by atoms with van der Waals surface area (Å²) in [6.07, 6.45) is 3.52. The van der Waals surface area contributed by atoms with Crippen LogP contribution in [0.3, 0.4) is 0 Å². The van der Waals surface area contributed by atoms with Crippen LogP contribution in [0.25, 0.3) is 0 Å². The lowest BCUT2D eigenvalue weighted by Gasteiger charge is -2.15. The number of carbonyl (C=O) groups is 1. The van der Waals surface area contributed by atoms with Gasteiger partial charge < -0.3 is 10.6 Å². The maximum absolute atomic E-state index is 11.8. The van der Waals surface area contributed by atoms with Gasteiger partial charge in [-0.25, -0.2) is 0 Å². The lowest BCUT2D eigenvalue weighted by atomic mass is 10.0. The zero-order valence-corrected chi connectivity index (χ0v) is 12.8. The van der Waals surface area contributed by atoms with Crippen molar-refractivity contribution in [1.82, 2.24) is 10.6 Å². The van der Waals surface area contributed by atoms with Crippen LogP contribution in [0, 0.1) is 19.8 Å². The fraction of sp³-hybridized carbons (Fsp3) is 0.588. The fourth-order valence-electron chi connectivity index (χ4n) is 2.63. The quantitative estimate of drug-likeness (QED) is 0.801. The summed E-state index contributed by atoms with van der Waals surface area (Å²) >= 11 is 0. The van der Waals surface area contributed by atoms with Crippen LogP contribution in [-0.4, -0.2) is 25.0 Å². The number of hydrogen-bond donors (Lipinski definition) is 2. The molecule has 2 N–H and O–H groups in total. The molecule has 1 aromatic rings. The van der Waals surface area contributed by atoms with Gasteiger partial charge in [0.1, 0.15) is 0 Å². The van der Waals surface area contributed by atoms with Crippen molar-refractivity contribution in [2.24, 2.45) is 5.92 Å². The molecule has 0 aromatic heterocycles. The van der Waals surface area contributed by atoms with Gasteiger partial charge in [0, 0.05) is 6.04 Å². The molecule has 3 heteroatoms. The van der Waals surface area contributed by atoms with Gasteiger partial charge in [-0.2, -0.15) is 0 Å². The number of aryl methyl sites for hydroxylation is 2. The SMILES string of the molecule is Cc1cc(C)cc(CC(C)NC(=O)CNCC2CC2)c1. The van der Waals surface area contributed by atoms with Crippen molar-refractivity contribution < 1.29 is 4.79 Å². The lowest BCUT2D eigenvalue weighted by molar-refractivity contribution is -0.120. The Morgan fingerprint density at radius 2 is 1.90 bits per heavy atom. The minimum absolute atomic E-state index is 0.0996. The van der Waals surface area contributed by atoms with Crippen LogP contribution >= 0.6 is 0 Å². The third-order valence-corrected chi connectivity index (χ3v) is 3.65. The van der Waals surface area contributed by atoms with Crippen LogP contribution in [0.15, 0.2) is 18.2 Å². The molecule has 0 bridgehead atoms. The number of amides is 1. The zero-order chi connectivity index (χ0) is 14.5. The molecule has 0 heterocycles. The lowest BCUT2D eigenvalue weighted by Crippen LogP contribution is -2.40. The second-order valence-corrected chi connectivity index (χ2v) is 6.24. The summed E-state index contributed by atoms with van der Waals surface area (Å²) in [6, 6.07) is 6.74. The van der Waals surface area contributed by atoms with Gasteiger partial charge in [0.05, 0.1) is 6.54 Å². The summed E-state index contributed by atoms with van der Waals surface area (Å²) in [4.78, 5) is 11.8. The minimum Gasteiger partial charge on any atom is -0.352 e. The van der Waals surface area contributed by atoms with E-state index in [2.05, 4.69) is 49.6 Å². The van der Waals surface area contributed by atoms with Gasteiger partial charge in [-0.15, -0.1) is 0 Å². The Kier molecular flexibility index (Phi) is 5.18. The van der Waals surface area contributed by atoms with Crippen LogP contribution in [0.2, 0.25) is 0 Å². The van der Waals surface area contributed by atoms with E-state index >= 15 is 0 Å². The van der Waals surface area contributed by atoms with E-state index in [1.54, 1.807) is 0 Å². The highest BCUT2D eigenvalue weighted by Crippen LogP contribution is 2.27. The first-order valence-corrected chi connectivity index (χ1v) is 7.60. The molecular formula is C17H26N2O. The smallest absolute Gasteiger partial charge is 0.234 e. The van der Waals surface area contributed by atoms with E-state index in [4.69, 9.17) is 0 Å². The molecule has 1 aromatic carbocycles. The van der Waals surface area contributed by atoms with E-state index in [9.17, 15) is 4.79 Å². The Balaban J connectivity index is 1.72. The maximum atomic E-state index is 11.8. The average Bonchev–Trinajstić information content (AvgIpc) is 3.10. The molecule has 1 atom stereocenters. The van der Waals surface area contributed by atoms with Crippen LogP contribution in [0.4, 0.5) is 0 Å². The molecule has 20 heavy (non-hydrogen) atoms. The van der Waals surface area contributed by atoms with Gasteiger partial charge in [0.15, 0.2) is 0 Å². The van der Waals surface area contributed by atoms with Gasteiger partial charge in [-0.3, -0.25) is 4.79 Å². The molecule has 1 amide bonds. The fourth-order valence-corrected chi connectivity index (χ4v) is 2.63. The van der Waals surface area contributed by atoms with Crippen molar-refractivity contribution >= 4 is 5.91 Å². The molecule has 0 aliphatic heterocycles. The highest BCUT2D eigenvalue weighted by molar-refractivity contribution is 5.78. The summed E-state index contributed by atoms with van der Waals surface area (Å²) in [7, 11) is 0. The molecule has 1 aliphatic rings. The van der Waals surface area contributed by atoms with Crippen LogP contribution in [-0.2, 0) is 11.2 Å². The van der Waals surface area contributed by atoms with Crippen molar-refractivity contribution in [1.29, 1.82) is 0 Å². The Morgan fingerprint density at radius 1 is 1.25 bits per heavy atom. The van der Waals surface area contributed by atoms with E-state index in [1.165, 1.54) is 29.5 Å². The molecule has 0 spiro atoms. The molecule has 3 nitrogen and oxygen atoms in total. The Labute approximate surface area is 122 Å². The summed E-state index contributed by atoms with van der Waals surface area (Å²) < 4.78 is 0. The number of hydrogen-bond acceptors (Lipinski definition) is 2. The molecule has 1 saturated carbocycles. The first-order valence-electron chi connectivity index (χ1n) is 7.60. The van der Waals surface area contributed by atoms with Gasteiger partial charge >= 0.3 is 0 Å². The normalized spacial score (nSPS) is 15.9. The van der Waals surface area contributed by atoms with Gasteiger partial charge in [0.2, 0.25) is 5.91 Å². The number of nitrogens with one attached hydrogen (secondary N) is 2. The second kappa shape index (κ2) is 6.89. The van der Waals surface area contributed by atoms with Crippen molar-refractivity contribution in [3.63, 3.8) is 0 Å². The van der Waals surface area contributed by atoms with E-state index < -0.39 is 0 Å². The Morgan fingerprint density at radius 3 is 2.50 bits per heavy atom. The Hall–Kier alpha value is -1.35. The van der Waals surface area contributed by atoms with Gasteiger partial charge in [-0.05, 0) is 58.1 Å². The zero-order valence-electron chi connectivity index (χ0n) is 12.8. The van der Waals surface area contributed by atoms with Crippen molar-refractivity contribution in [3.8, 4) is 0 Å². The third kappa shape index (κ3) is 5.33. The summed E-state index contributed by atoms with van der Waals surface area (Å²) in [5, 5.41) is 6.28. The highest BCUT2D eigenvalue weighted by atomic mass is 16.1. The third-order valence-electron chi connectivity index (χ3n) is 3.65. The highest BCUT2D eigenvalue weighted by Gasteiger charge is 2.20. The topological polar surface area (TPSA) is 41.1 Å². The van der Waals surface area contributed by atoms with Crippen molar-refractivity contribution in [2.45, 2.75) is 46.1 Å². The molecule has 1 fully saturated rings.